The van der Waals surface area contributed by atoms with Gasteiger partial charge in [0.2, 0.25) is 0 Å². The van der Waals surface area contributed by atoms with Crippen LogP contribution in [0.4, 0.5) is 11.4 Å². The van der Waals surface area contributed by atoms with Crippen LogP contribution in [-0.2, 0) is 0 Å². The number of nitrogens with zero attached hydrogens (tertiary/aromatic N) is 1. The lowest BCUT2D eigenvalue weighted by molar-refractivity contribution is -0.384. The molecule has 2 atom stereocenters. The minimum absolute atomic E-state index is 0.175. The van der Waals surface area contributed by atoms with E-state index in [0.29, 0.717) is 17.6 Å². The van der Waals surface area contributed by atoms with Crippen LogP contribution < -0.4 is 5.32 Å². The summed E-state index contributed by atoms with van der Waals surface area (Å²) in [4.78, 5) is 10.6. The van der Waals surface area contributed by atoms with Gasteiger partial charge in [-0.3, -0.25) is 10.1 Å². The van der Waals surface area contributed by atoms with Crippen LogP contribution in [-0.4, -0.2) is 11.0 Å². The molecule has 1 aromatic rings. The van der Waals surface area contributed by atoms with Crippen LogP contribution in [0.2, 0.25) is 0 Å². The van der Waals surface area contributed by atoms with Gasteiger partial charge in [0.1, 0.15) is 5.69 Å². The maximum absolute atomic E-state index is 10.9. The van der Waals surface area contributed by atoms with Crippen LogP contribution >= 0.6 is 0 Å². The molecule has 17 heavy (non-hydrogen) atoms. The first-order chi connectivity index (χ1) is 8.22. The van der Waals surface area contributed by atoms with Crippen molar-refractivity contribution in [3.8, 4) is 0 Å². The Morgan fingerprint density at radius 1 is 1.41 bits per heavy atom. The van der Waals surface area contributed by atoms with Crippen LogP contribution in [0.1, 0.15) is 32.6 Å². The average molecular weight is 234 g/mol. The summed E-state index contributed by atoms with van der Waals surface area (Å²) in [6, 6.07) is 7.28. The molecule has 1 aromatic carbocycles. The highest BCUT2D eigenvalue weighted by molar-refractivity contribution is 5.61. The van der Waals surface area contributed by atoms with Crippen LogP contribution in [0.15, 0.2) is 24.3 Å². The minimum Gasteiger partial charge on any atom is -0.376 e. The molecule has 2 rings (SSSR count). The van der Waals surface area contributed by atoms with Gasteiger partial charge in [-0.15, -0.1) is 0 Å². The normalized spacial score (nSPS) is 23.6. The molecule has 1 aliphatic rings. The summed E-state index contributed by atoms with van der Waals surface area (Å²) in [6.45, 7) is 2.18. The highest BCUT2D eigenvalue weighted by Crippen LogP contribution is 2.33. The third kappa shape index (κ3) is 2.57. The van der Waals surface area contributed by atoms with Gasteiger partial charge in [0.25, 0.3) is 5.69 Å². The Kier molecular flexibility index (Phi) is 3.61. The summed E-state index contributed by atoms with van der Waals surface area (Å²) in [5.74, 6) is 0.648. The third-order valence-corrected chi connectivity index (χ3v) is 3.63. The highest BCUT2D eigenvalue weighted by atomic mass is 16.6. The summed E-state index contributed by atoms with van der Waals surface area (Å²) in [6.07, 6.45) is 4.70. The van der Waals surface area contributed by atoms with E-state index in [-0.39, 0.29) is 10.6 Å². The molecule has 1 aliphatic carbocycles. The SMILES string of the molecule is CCC1CCCC1Nc1ccccc1[N+](=O)[O-]. The van der Waals surface area contributed by atoms with Gasteiger partial charge < -0.3 is 5.32 Å². The van der Waals surface area contributed by atoms with Crippen LogP contribution in [0.5, 0.6) is 0 Å². The Labute approximate surface area is 101 Å². The largest absolute Gasteiger partial charge is 0.376 e. The summed E-state index contributed by atoms with van der Waals surface area (Å²) < 4.78 is 0. The topological polar surface area (TPSA) is 55.2 Å². The van der Waals surface area contributed by atoms with E-state index in [1.165, 1.54) is 12.8 Å². The number of nitrogens with one attached hydrogen (secondary N) is 1. The maximum Gasteiger partial charge on any atom is 0.292 e. The van der Waals surface area contributed by atoms with Gasteiger partial charge >= 0.3 is 0 Å². The fourth-order valence-electron chi connectivity index (χ4n) is 2.67. The molecule has 1 fully saturated rings. The fraction of sp³-hybridized carbons (Fsp3) is 0.538. The smallest absolute Gasteiger partial charge is 0.292 e. The molecule has 1 N–H and O–H groups in total. The van der Waals surface area contributed by atoms with Crippen molar-refractivity contribution in [2.24, 2.45) is 5.92 Å². The van der Waals surface area contributed by atoms with E-state index < -0.39 is 0 Å². The molecular formula is C13H18N2O2. The predicted octanol–water partition coefficient (Wildman–Crippen LogP) is 3.59. The van der Waals surface area contributed by atoms with Gasteiger partial charge in [-0.05, 0) is 24.8 Å². The van der Waals surface area contributed by atoms with E-state index in [4.69, 9.17) is 0 Å². The monoisotopic (exact) mass is 234 g/mol. The van der Waals surface area contributed by atoms with Gasteiger partial charge in [0.05, 0.1) is 4.92 Å². The van der Waals surface area contributed by atoms with Gasteiger partial charge in [-0.2, -0.15) is 0 Å². The van der Waals surface area contributed by atoms with Crippen molar-refractivity contribution in [1.82, 2.24) is 0 Å². The van der Waals surface area contributed by atoms with Crippen molar-refractivity contribution in [3.63, 3.8) is 0 Å². The molecule has 0 radical (unpaired) electrons. The third-order valence-electron chi connectivity index (χ3n) is 3.63. The Morgan fingerprint density at radius 2 is 2.18 bits per heavy atom. The summed E-state index contributed by atoms with van der Waals surface area (Å²) in [5, 5.41) is 14.3. The summed E-state index contributed by atoms with van der Waals surface area (Å²) in [5.41, 5.74) is 0.831. The zero-order valence-electron chi connectivity index (χ0n) is 10.1. The molecule has 0 bridgehead atoms. The highest BCUT2D eigenvalue weighted by Gasteiger charge is 2.27. The molecule has 4 nitrogen and oxygen atoms in total. The number of rotatable bonds is 4. The second-order valence-corrected chi connectivity index (χ2v) is 4.62. The second-order valence-electron chi connectivity index (χ2n) is 4.62. The number of nitro benzene ring substituents is 1. The molecular weight excluding hydrogens is 216 g/mol. The molecule has 92 valence electrons. The van der Waals surface area contributed by atoms with Crippen molar-refractivity contribution in [3.05, 3.63) is 34.4 Å². The van der Waals surface area contributed by atoms with Crippen molar-refractivity contribution < 1.29 is 4.92 Å². The Morgan fingerprint density at radius 3 is 2.88 bits per heavy atom. The van der Waals surface area contributed by atoms with E-state index in [9.17, 15) is 10.1 Å². The number of hydrogen-bond acceptors (Lipinski definition) is 3. The molecule has 0 heterocycles. The second kappa shape index (κ2) is 5.17. The summed E-state index contributed by atoms with van der Waals surface area (Å²) >= 11 is 0. The molecule has 0 aromatic heterocycles. The standard InChI is InChI=1S/C13H18N2O2/c1-2-10-6-5-8-11(10)14-12-7-3-4-9-13(12)15(16)17/h3-4,7,9-11,14H,2,5-6,8H2,1H3. The molecule has 2 unspecified atom stereocenters. The molecule has 0 spiro atoms. The van der Waals surface area contributed by atoms with E-state index in [1.54, 1.807) is 18.2 Å². The molecule has 0 aliphatic heterocycles. The Bertz CT molecular complexity index is 406. The number of hydrogen-bond donors (Lipinski definition) is 1. The molecule has 0 amide bonds. The Balaban J connectivity index is 2.15. The first kappa shape index (κ1) is 11.9. The van der Waals surface area contributed by atoms with E-state index >= 15 is 0 Å². The first-order valence-corrected chi connectivity index (χ1v) is 6.22. The average Bonchev–Trinajstić information content (AvgIpc) is 2.77. The maximum atomic E-state index is 10.9. The van der Waals surface area contributed by atoms with Crippen molar-refractivity contribution >= 4 is 11.4 Å². The van der Waals surface area contributed by atoms with Crippen molar-refractivity contribution in [1.29, 1.82) is 0 Å². The fourth-order valence-corrected chi connectivity index (χ4v) is 2.67. The van der Waals surface area contributed by atoms with E-state index in [2.05, 4.69) is 12.2 Å². The lowest BCUT2D eigenvalue weighted by atomic mass is 10.0. The van der Waals surface area contributed by atoms with Gasteiger partial charge in [0, 0.05) is 12.1 Å². The predicted molar refractivity (Wildman–Crippen MR) is 68.1 cm³/mol. The zero-order valence-corrected chi connectivity index (χ0v) is 10.1. The van der Waals surface area contributed by atoms with E-state index in [1.807, 2.05) is 6.07 Å². The Hall–Kier alpha value is -1.58. The van der Waals surface area contributed by atoms with Crippen LogP contribution in [0.25, 0.3) is 0 Å². The quantitative estimate of drug-likeness (QED) is 0.639. The molecule has 4 heteroatoms. The van der Waals surface area contributed by atoms with Crippen molar-refractivity contribution in [2.45, 2.75) is 38.6 Å². The van der Waals surface area contributed by atoms with Gasteiger partial charge in [-0.25, -0.2) is 0 Å². The lowest BCUT2D eigenvalue weighted by Crippen LogP contribution is -2.23. The lowest BCUT2D eigenvalue weighted by Gasteiger charge is -2.20. The van der Waals surface area contributed by atoms with Crippen molar-refractivity contribution in [2.75, 3.05) is 5.32 Å². The van der Waals surface area contributed by atoms with Crippen LogP contribution in [0, 0.1) is 16.0 Å². The zero-order chi connectivity index (χ0) is 12.3. The van der Waals surface area contributed by atoms with E-state index in [0.717, 1.165) is 12.8 Å². The van der Waals surface area contributed by atoms with Gasteiger partial charge in [-0.1, -0.05) is 31.9 Å². The number of anilines is 1. The molecule has 1 saturated carbocycles. The first-order valence-electron chi connectivity index (χ1n) is 6.22. The summed E-state index contributed by atoms with van der Waals surface area (Å²) in [7, 11) is 0. The molecule has 0 saturated heterocycles. The number of nitro groups is 1. The van der Waals surface area contributed by atoms with Crippen LogP contribution in [0.3, 0.4) is 0 Å². The van der Waals surface area contributed by atoms with Gasteiger partial charge in [0.15, 0.2) is 0 Å². The number of benzene rings is 1. The minimum atomic E-state index is -0.321. The number of para-hydroxylation sites is 2.